The Morgan fingerprint density at radius 2 is 1.67 bits per heavy atom. The quantitative estimate of drug-likeness (QED) is 0.733. The number of carbonyl (C=O) groups excluding carboxylic acids is 2. The molecule has 2 aromatic carbocycles. The lowest BCUT2D eigenvalue weighted by Crippen LogP contribution is -2.45. The summed E-state index contributed by atoms with van der Waals surface area (Å²) in [5, 5.41) is 5.73. The van der Waals surface area contributed by atoms with E-state index in [1.807, 2.05) is 56.3 Å². The Morgan fingerprint density at radius 3 is 2.26 bits per heavy atom. The van der Waals surface area contributed by atoms with Crippen molar-refractivity contribution in [1.82, 2.24) is 5.32 Å². The van der Waals surface area contributed by atoms with E-state index in [1.54, 1.807) is 21.0 Å². The highest BCUT2D eigenvalue weighted by Crippen LogP contribution is 2.22. The molecule has 0 bridgehead atoms. The van der Waals surface area contributed by atoms with Crippen LogP contribution in [0.5, 0.6) is 5.75 Å². The molecule has 2 N–H and O–H groups in total. The molecular weight excluding hydrogens is 340 g/mol. The lowest BCUT2D eigenvalue weighted by molar-refractivity contribution is -0.138. The summed E-state index contributed by atoms with van der Waals surface area (Å²) in [4.78, 5) is 25.2. The van der Waals surface area contributed by atoms with Crippen molar-refractivity contribution in [3.8, 4) is 5.75 Å². The predicted molar refractivity (Wildman–Crippen MR) is 108 cm³/mol. The van der Waals surface area contributed by atoms with Crippen LogP contribution in [0.2, 0.25) is 0 Å². The van der Waals surface area contributed by atoms with Crippen LogP contribution >= 0.6 is 0 Å². The number of aryl methyl sites for hydroxylation is 2. The van der Waals surface area contributed by atoms with Crippen molar-refractivity contribution in [2.45, 2.75) is 34.1 Å². The number of methoxy groups -OCH3 is 1. The van der Waals surface area contributed by atoms with Crippen LogP contribution in [0.15, 0.2) is 42.5 Å². The molecule has 2 aromatic rings. The van der Waals surface area contributed by atoms with Crippen molar-refractivity contribution in [3.63, 3.8) is 0 Å². The fourth-order valence-electron chi connectivity index (χ4n) is 2.67. The summed E-state index contributed by atoms with van der Waals surface area (Å²) in [5.41, 5.74) is 2.75. The Kier molecular flexibility index (Phi) is 6.61. The van der Waals surface area contributed by atoms with Crippen molar-refractivity contribution < 1.29 is 14.3 Å². The molecular formula is C22H28N2O3. The Labute approximate surface area is 161 Å². The Morgan fingerprint density at radius 1 is 1.00 bits per heavy atom. The lowest BCUT2D eigenvalue weighted by atomic mass is 9.90. The molecule has 0 atom stereocenters. The van der Waals surface area contributed by atoms with E-state index < -0.39 is 5.41 Å². The minimum Gasteiger partial charge on any atom is -0.497 e. The number of rotatable bonds is 7. The number of nitrogens with one attached hydrogen (secondary N) is 2. The first-order chi connectivity index (χ1) is 12.7. The average molecular weight is 368 g/mol. The van der Waals surface area contributed by atoms with E-state index in [4.69, 9.17) is 4.74 Å². The largest absolute Gasteiger partial charge is 0.497 e. The molecule has 0 heterocycles. The average Bonchev–Trinajstić information content (AvgIpc) is 2.64. The molecule has 0 aromatic heterocycles. The second kappa shape index (κ2) is 8.71. The fraction of sp³-hybridized carbons (Fsp3) is 0.364. The molecule has 0 radical (unpaired) electrons. The molecule has 5 heteroatoms. The van der Waals surface area contributed by atoms with Gasteiger partial charge in [0.1, 0.15) is 11.2 Å². The maximum atomic E-state index is 12.6. The summed E-state index contributed by atoms with van der Waals surface area (Å²) in [7, 11) is 1.63. The van der Waals surface area contributed by atoms with Gasteiger partial charge in [0.05, 0.1) is 7.11 Å². The van der Waals surface area contributed by atoms with Gasteiger partial charge in [0.15, 0.2) is 0 Å². The lowest BCUT2D eigenvalue weighted by Gasteiger charge is -2.23. The number of carbonyl (C=O) groups is 2. The molecule has 2 rings (SSSR count). The predicted octanol–water partition coefficient (Wildman–Crippen LogP) is 3.64. The van der Waals surface area contributed by atoms with E-state index in [0.29, 0.717) is 13.0 Å². The molecule has 144 valence electrons. The van der Waals surface area contributed by atoms with E-state index in [9.17, 15) is 9.59 Å². The van der Waals surface area contributed by atoms with E-state index in [2.05, 4.69) is 10.6 Å². The molecule has 0 aliphatic heterocycles. The summed E-state index contributed by atoms with van der Waals surface area (Å²) < 4.78 is 5.13. The summed E-state index contributed by atoms with van der Waals surface area (Å²) in [6.07, 6.45) is 0.685. The molecule has 0 spiro atoms. The summed E-state index contributed by atoms with van der Waals surface area (Å²) in [6, 6.07) is 13.5. The van der Waals surface area contributed by atoms with Crippen molar-refractivity contribution in [3.05, 3.63) is 59.2 Å². The monoisotopic (exact) mass is 368 g/mol. The van der Waals surface area contributed by atoms with Gasteiger partial charge < -0.3 is 15.4 Å². The Hall–Kier alpha value is -2.82. The molecule has 0 unspecified atom stereocenters. The molecule has 27 heavy (non-hydrogen) atoms. The van der Waals surface area contributed by atoms with E-state index in [-0.39, 0.29) is 11.8 Å². The van der Waals surface area contributed by atoms with Crippen LogP contribution in [0.1, 0.15) is 30.5 Å². The van der Waals surface area contributed by atoms with Crippen LogP contribution in [0.4, 0.5) is 5.69 Å². The SMILES string of the molecule is COc1ccc(CCNC(=O)C(C)(C)C(=O)Nc2ccc(C)cc2C)cc1. The van der Waals surface area contributed by atoms with Gasteiger partial charge in [0.25, 0.3) is 0 Å². The third-order valence-electron chi connectivity index (χ3n) is 4.62. The van der Waals surface area contributed by atoms with Gasteiger partial charge in [-0.3, -0.25) is 9.59 Å². The number of hydrogen-bond donors (Lipinski definition) is 2. The van der Waals surface area contributed by atoms with Crippen LogP contribution < -0.4 is 15.4 Å². The molecule has 0 aliphatic rings. The zero-order chi connectivity index (χ0) is 20.0. The summed E-state index contributed by atoms with van der Waals surface area (Å²) in [5.74, 6) is 0.182. The highest BCUT2D eigenvalue weighted by molar-refractivity contribution is 6.10. The molecule has 5 nitrogen and oxygen atoms in total. The van der Waals surface area contributed by atoms with Crippen LogP contribution in [-0.4, -0.2) is 25.5 Å². The van der Waals surface area contributed by atoms with Crippen molar-refractivity contribution >= 4 is 17.5 Å². The standard InChI is InChI=1S/C22H28N2O3/c1-15-6-11-19(16(2)14-15)24-21(26)22(3,4)20(25)23-13-12-17-7-9-18(27-5)10-8-17/h6-11,14H,12-13H2,1-5H3,(H,23,25)(H,24,26). The van der Waals surface area contributed by atoms with Gasteiger partial charge in [-0.25, -0.2) is 0 Å². The second-order valence-corrected chi connectivity index (χ2v) is 7.25. The van der Waals surface area contributed by atoms with Gasteiger partial charge in [-0.05, 0) is 63.4 Å². The topological polar surface area (TPSA) is 67.4 Å². The van der Waals surface area contributed by atoms with E-state index >= 15 is 0 Å². The smallest absolute Gasteiger partial charge is 0.239 e. The van der Waals surface area contributed by atoms with E-state index in [1.165, 1.54) is 0 Å². The summed E-state index contributed by atoms with van der Waals surface area (Å²) >= 11 is 0. The van der Waals surface area contributed by atoms with Gasteiger partial charge in [0.2, 0.25) is 11.8 Å². The molecule has 0 fully saturated rings. The number of anilines is 1. The first kappa shape index (κ1) is 20.5. The molecule has 0 saturated heterocycles. The second-order valence-electron chi connectivity index (χ2n) is 7.25. The zero-order valence-corrected chi connectivity index (χ0v) is 16.7. The first-order valence-electron chi connectivity index (χ1n) is 9.04. The zero-order valence-electron chi connectivity index (χ0n) is 16.7. The fourth-order valence-corrected chi connectivity index (χ4v) is 2.67. The number of hydrogen-bond acceptors (Lipinski definition) is 3. The van der Waals surface area contributed by atoms with Gasteiger partial charge in [0, 0.05) is 12.2 Å². The maximum absolute atomic E-state index is 12.6. The third kappa shape index (κ3) is 5.33. The Bertz CT molecular complexity index is 811. The van der Waals surface area contributed by atoms with Gasteiger partial charge >= 0.3 is 0 Å². The molecule has 0 aliphatic carbocycles. The number of amides is 2. The van der Waals surface area contributed by atoms with Gasteiger partial charge in [-0.15, -0.1) is 0 Å². The normalized spacial score (nSPS) is 11.0. The van der Waals surface area contributed by atoms with Gasteiger partial charge in [-0.2, -0.15) is 0 Å². The minimum atomic E-state index is -1.17. The van der Waals surface area contributed by atoms with E-state index in [0.717, 1.165) is 28.1 Å². The Balaban J connectivity index is 1.91. The van der Waals surface area contributed by atoms with Crippen LogP contribution in [-0.2, 0) is 16.0 Å². The molecule has 2 amide bonds. The number of ether oxygens (including phenoxy) is 1. The first-order valence-corrected chi connectivity index (χ1v) is 9.04. The van der Waals surface area contributed by atoms with Gasteiger partial charge in [-0.1, -0.05) is 29.8 Å². The van der Waals surface area contributed by atoms with Crippen molar-refractivity contribution in [2.75, 3.05) is 19.0 Å². The highest BCUT2D eigenvalue weighted by Gasteiger charge is 2.36. The van der Waals surface area contributed by atoms with Crippen molar-refractivity contribution in [1.29, 1.82) is 0 Å². The highest BCUT2D eigenvalue weighted by atomic mass is 16.5. The van der Waals surface area contributed by atoms with Crippen molar-refractivity contribution in [2.24, 2.45) is 5.41 Å². The van der Waals surface area contributed by atoms with Crippen LogP contribution in [0, 0.1) is 19.3 Å². The number of benzene rings is 2. The summed E-state index contributed by atoms with van der Waals surface area (Å²) in [6.45, 7) is 7.66. The molecule has 0 saturated carbocycles. The van der Waals surface area contributed by atoms with Crippen LogP contribution in [0.3, 0.4) is 0 Å². The third-order valence-corrected chi connectivity index (χ3v) is 4.62. The maximum Gasteiger partial charge on any atom is 0.239 e. The van der Waals surface area contributed by atoms with Crippen LogP contribution in [0.25, 0.3) is 0 Å². The minimum absolute atomic E-state index is 0.293.